The molecule has 2 aromatic heterocycles. The Morgan fingerprint density at radius 3 is 2.90 bits per heavy atom. The Morgan fingerprint density at radius 2 is 2.29 bits per heavy atom. The zero-order chi connectivity index (χ0) is 15.4. The van der Waals surface area contributed by atoms with Gasteiger partial charge in [-0.3, -0.25) is 4.79 Å². The predicted molar refractivity (Wildman–Crippen MR) is 73.9 cm³/mol. The Hall–Kier alpha value is -2.66. The van der Waals surface area contributed by atoms with Crippen molar-refractivity contribution in [3.05, 3.63) is 34.0 Å². The highest BCUT2D eigenvalue weighted by Crippen LogP contribution is 2.22. The number of nitriles is 1. The van der Waals surface area contributed by atoms with Crippen molar-refractivity contribution >= 4 is 28.2 Å². The summed E-state index contributed by atoms with van der Waals surface area (Å²) in [7, 11) is 0. The lowest BCUT2D eigenvalue weighted by Gasteiger charge is -2.05. The minimum absolute atomic E-state index is 0.219. The molecule has 8 heteroatoms. The van der Waals surface area contributed by atoms with E-state index in [1.807, 2.05) is 6.07 Å². The quantitative estimate of drug-likeness (QED) is 0.866. The number of amides is 1. The van der Waals surface area contributed by atoms with E-state index in [9.17, 15) is 9.59 Å². The third kappa shape index (κ3) is 3.27. The molecule has 0 bridgehead atoms. The van der Waals surface area contributed by atoms with Gasteiger partial charge in [-0.2, -0.15) is 5.26 Å². The number of carbonyl (C=O) groups is 2. The number of anilines is 1. The number of ether oxygens (including phenoxy) is 1. The van der Waals surface area contributed by atoms with Crippen LogP contribution in [0.15, 0.2) is 16.0 Å². The molecule has 0 aliphatic heterocycles. The number of hydrogen-bond donors (Lipinski definition) is 1. The van der Waals surface area contributed by atoms with Crippen LogP contribution in [0.3, 0.4) is 0 Å². The number of nitrogens with one attached hydrogen (secondary N) is 1. The molecule has 0 saturated heterocycles. The monoisotopic (exact) mass is 305 g/mol. The van der Waals surface area contributed by atoms with Gasteiger partial charge in [0.15, 0.2) is 6.61 Å². The second-order valence-corrected chi connectivity index (χ2v) is 5.01. The molecule has 2 rings (SSSR count). The molecular formula is C13H11N3O4S. The van der Waals surface area contributed by atoms with Gasteiger partial charge in [0, 0.05) is 0 Å². The number of aryl methyl sites for hydroxylation is 2. The summed E-state index contributed by atoms with van der Waals surface area (Å²) in [5.41, 5.74) is 0.991. The average Bonchev–Trinajstić information content (AvgIpc) is 3.03. The Kier molecular flexibility index (Phi) is 4.35. The maximum Gasteiger partial charge on any atom is 0.344 e. The first-order valence-corrected chi connectivity index (χ1v) is 6.78. The van der Waals surface area contributed by atoms with Gasteiger partial charge in [0.2, 0.25) is 0 Å². The first-order valence-electron chi connectivity index (χ1n) is 5.90. The highest BCUT2D eigenvalue weighted by atomic mass is 32.1. The molecule has 0 aromatic carbocycles. The van der Waals surface area contributed by atoms with Crippen LogP contribution in [0, 0.1) is 25.2 Å². The number of nitrogens with zero attached hydrogens (tertiary/aromatic N) is 2. The number of esters is 1. The smallest absolute Gasteiger partial charge is 0.344 e. The molecule has 0 spiro atoms. The van der Waals surface area contributed by atoms with Gasteiger partial charge in [0.1, 0.15) is 22.4 Å². The molecule has 0 unspecified atom stereocenters. The largest absolute Gasteiger partial charge is 0.452 e. The molecule has 108 valence electrons. The molecule has 21 heavy (non-hydrogen) atoms. The van der Waals surface area contributed by atoms with E-state index >= 15 is 0 Å². The van der Waals surface area contributed by atoms with Crippen LogP contribution in [0.5, 0.6) is 0 Å². The third-order valence-electron chi connectivity index (χ3n) is 2.61. The summed E-state index contributed by atoms with van der Waals surface area (Å²) in [6.45, 7) is 2.74. The maximum atomic E-state index is 11.8. The number of thiophene rings is 1. The first-order chi connectivity index (χ1) is 10.0. The lowest BCUT2D eigenvalue weighted by Crippen LogP contribution is -2.21. The van der Waals surface area contributed by atoms with E-state index in [-0.39, 0.29) is 5.56 Å². The SMILES string of the molecule is Cc1noc(C)c1C(=O)OCC(=O)Nc1sccc1C#N. The fourth-order valence-electron chi connectivity index (χ4n) is 1.63. The minimum atomic E-state index is -0.673. The van der Waals surface area contributed by atoms with Crippen molar-refractivity contribution in [1.29, 1.82) is 5.26 Å². The van der Waals surface area contributed by atoms with Crippen LogP contribution in [-0.2, 0) is 9.53 Å². The average molecular weight is 305 g/mol. The van der Waals surface area contributed by atoms with Gasteiger partial charge in [0.25, 0.3) is 5.91 Å². The van der Waals surface area contributed by atoms with Crippen LogP contribution in [0.4, 0.5) is 5.00 Å². The summed E-state index contributed by atoms with van der Waals surface area (Å²) in [4.78, 5) is 23.5. The molecule has 7 nitrogen and oxygen atoms in total. The second-order valence-electron chi connectivity index (χ2n) is 4.10. The summed E-state index contributed by atoms with van der Waals surface area (Å²) >= 11 is 1.22. The first kappa shape index (κ1) is 14.7. The molecule has 1 amide bonds. The molecule has 2 heterocycles. The number of hydrogen-bond acceptors (Lipinski definition) is 7. The molecule has 0 aliphatic carbocycles. The normalized spacial score (nSPS) is 9.95. The van der Waals surface area contributed by atoms with Gasteiger partial charge < -0.3 is 14.6 Å². The van der Waals surface area contributed by atoms with Crippen LogP contribution >= 0.6 is 11.3 Å². The number of carbonyl (C=O) groups excluding carboxylic acids is 2. The molecule has 2 aromatic rings. The van der Waals surface area contributed by atoms with Gasteiger partial charge in [-0.1, -0.05) is 5.16 Å². The van der Waals surface area contributed by atoms with Crippen molar-refractivity contribution in [3.8, 4) is 6.07 Å². The van der Waals surface area contributed by atoms with E-state index in [0.717, 1.165) is 0 Å². The lowest BCUT2D eigenvalue weighted by molar-refractivity contribution is -0.119. The number of aromatic nitrogens is 1. The summed E-state index contributed by atoms with van der Waals surface area (Å²) in [5.74, 6) is -0.856. The molecule has 1 N–H and O–H groups in total. The van der Waals surface area contributed by atoms with Gasteiger partial charge in [-0.15, -0.1) is 11.3 Å². The highest BCUT2D eigenvalue weighted by molar-refractivity contribution is 7.14. The molecule has 0 aliphatic rings. The minimum Gasteiger partial charge on any atom is -0.452 e. The second kappa shape index (κ2) is 6.19. The molecule has 0 saturated carbocycles. The van der Waals surface area contributed by atoms with Crippen molar-refractivity contribution in [3.63, 3.8) is 0 Å². The van der Waals surface area contributed by atoms with Crippen LogP contribution in [0.1, 0.15) is 27.4 Å². The lowest BCUT2D eigenvalue weighted by atomic mass is 10.2. The van der Waals surface area contributed by atoms with E-state index in [4.69, 9.17) is 14.5 Å². The fraction of sp³-hybridized carbons (Fsp3) is 0.231. The maximum absolute atomic E-state index is 11.8. The van der Waals surface area contributed by atoms with Crippen LogP contribution in [0.25, 0.3) is 0 Å². The number of rotatable bonds is 4. The van der Waals surface area contributed by atoms with Crippen molar-refractivity contribution in [2.75, 3.05) is 11.9 Å². The van der Waals surface area contributed by atoms with Gasteiger partial charge in [-0.05, 0) is 25.3 Å². The summed E-state index contributed by atoms with van der Waals surface area (Å²) < 4.78 is 9.76. The predicted octanol–water partition coefficient (Wildman–Crippen LogP) is 2.02. The Bertz CT molecular complexity index is 707. The van der Waals surface area contributed by atoms with Crippen molar-refractivity contribution in [1.82, 2.24) is 5.16 Å². The van der Waals surface area contributed by atoms with E-state index < -0.39 is 18.5 Å². The van der Waals surface area contributed by atoms with Crippen molar-refractivity contribution < 1.29 is 18.8 Å². The van der Waals surface area contributed by atoms with Gasteiger partial charge in [0.05, 0.1) is 11.3 Å². The van der Waals surface area contributed by atoms with Crippen LogP contribution in [0.2, 0.25) is 0 Å². The third-order valence-corrected chi connectivity index (χ3v) is 3.44. The van der Waals surface area contributed by atoms with Gasteiger partial charge >= 0.3 is 5.97 Å². The van der Waals surface area contributed by atoms with E-state index in [0.29, 0.717) is 22.0 Å². The Morgan fingerprint density at radius 1 is 1.52 bits per heavy atom. The highest BCUT2D eigenvalue weighted by Gasteiger charge is 2.20. The van der Waals surface area contributed by atoms with E-state index in [1.165, 1.54) is 11.3 Å². The fourth-order valence-corrected chi connectivity index (χ4v) is 2.39. The van der Waals surface area contributed by atoms with E-state index in [2.05, 4.69) is 10.5 Å². The zero-order valence-electron chi connectivity index (χ0n) is 11.3. The Balaban J connectivity index is 1.93. The molecule has 0 radical (unpaired) electrons. The van der Waals surface area contributed by atoms with Gasteiger partial charge in [-0.25, -0.2) is 4.79 Å². The zero-order valence-corrected chi connectivity index (χ0v) is 12.1. The topological polar surface area (TPSA) is 105 Å². The van der Waals surface area contributed by atoms with Crippen molar-refractivity contribution in [2.24, 2.45) is 0 Å². The Labute approximate surface area is 124 Å². The summed E-state index contributed by atoms with van der Waals surface area (Å²) in [6.07, 6.45) is 0. The molecule has 0 fully saturated rings. The molecule has 0 atom stereocenters. The van der Waals surface area contributed by atoms with Crippen molar-refractivity contribution in [2.45, 2.75) is 13.8 Å². The summed E-state index contributed by atoms with van der Waals surface area (Å²) in [6, 6.07) is 3.54. The molecular weight excluding hydrogens is 294 g/mol. The summed E-state index contributed by atoms with van der Waals surface area (Å²) in [5, 5.41) is 17.1. The van der Waals surface area contributed by atoms with Crippen LogP contribution < -0.4 is 5.32 Å². The van der Waals surface area contributed by atoms with E-state index in [1.54, 1.807) is 25.3 Å². The van der Waals surface area contributed by atoms with Crippen LogP contribution in [-0.4, -0.2) is 23.6 Å². The standard InChI is InChI=1S/C13H11N3O4S/c1-7-11(8(2)20-16-7)13(18)19-6-10(17)15-12-9(5-14)3-4-21-12/h3-4H,6H2,1-2H3,(H,15,17).